The number of amides is 1. The second-order valence-electron chi connectivity index (χ2n) is 4.58. The predicted molar refractivity (Wildman–Crippen MR) is 79.6 cm³/mol. The fraction of sp³-hybridized carbons (Fsp3) is 0.133. The van der Waals surface area contributed by atoms with Crippen LogP contribution in [-0.4, -0.2) is 5.91 Å². The number of anilines is 1. The van der Waals surface area contributed by atoms with E-state index in [4.69, 9.17) is 27.9 Å². The summed E-state index contributed by atoms with van der Waals surface area (Å²) < 4.78 is 5.71. The molecule has 5 heteroatoms. The molecule has 1 aliphatic heterocycles. The SMILES string of the molecule is O=C1Cc2cc(OCc3ccc(Cl)c(Cl)c3)ccc2N1. The third-order valence-electron chi connectivity index (χ3n) is 3.09. The van der Waals surface area contributed by atoms with Gasteiger partial charge in [0, 0.05) is 5.69 Å². The number of carbonyl (C=O) groups excluding carboxylic acids is 1. The Morgan fingerprint density at radius 1 is 1.10 bits per heavy atom. The van der Waals surface area contributed by atoms with Crippen molar-refractivity contribution in [1.82, 2.24) is 0 Å². The highest BCUT2D eigenvalue weighted by Crippen LogP contribution is 2.28. The van der Waals surface area contributed by atoms with Gasteiger partial charge in [0.2, 0.25) is 5.91 Å². The van der Waals surface area contributed by atoms with Crippen molar-refractivity contribution in [1.29, 1.82) is 0 Å². The summed E-state index contributed by atoms with van der Waals surface area (Å²) in [5.74, 6) is 0.743. The van der Waals surface area contributed by atoms with Crippen molar-refractivity contribution in [2.75, 3.05) is 5.32 Å². The molecule has 0 aromatic heterocycles. The molecule has 3 rings (SSSR count). The quantitative estimate of drug-likeness (QED) is 0.928. The molecule has 2 aromatic rings. The number of ether oxygens (including phenoxy) is 1. The molecule has 1 amide bonds. The highest BCUT2D eigenvalue weighted by atomic mass is 35.5. The number of fused-ring (bicyclic) bond motifs is 1. The lowest BCUT2D eigenvalue weighted by Crippen LogP contribution is -2.03. The molecule has 0 unspecified atom stereocenters. The zero-order valence-corrected chi connectivity index (χ0v) is 12.0. The van der Waals surface area contributed by atoms with Gasteiger partial charge in [-0.05, 0) is 41.5 Å². The van der Waals surface area contributed by atoms with Crippen molar-refractivity contribution in [3.05, 3.63) is 57.6 Å². The minimum Gasteiger partial charge on any atom is -0.489 e. The number of hydrogen-bond donors (Lipinski definition) is 1. The summed E-state index contributed by atoms with van der Waals surface area (Å²) in [7, 11) is 0. The van der Waals surface area contributed by atoms with Crippen LogP contribution >= 0.6 is 23.2 Å². The van der Waals surface area contributed by atoms with Gasteiger partial charge in [0.05, 0.1) is 16.5 Å². The van der Waals surface area contributed by atoms with Crippen LogP contribution < -0.4 is 10.1 Å². The molecule has 0 spiro atoms. The molecule has 0 saturated carbocycles. The van der Waals surface area contributed by atoms with Crippen molar-refractivity contribution in [2.45, 2.75) is 13.0 Å². The molecule has 0 bridgehead atoms. The van der Waals surface area contributed by atoms with E-state index in [0.717, 1.165) is 22.6 Å². The molecular weight excluding hydrogens is 297 g/mol. The second-order valence-corrected chi connectivity index (χ2v) is 5.40. The number of nitrogens with one attached hydrogen (secondary N) is 1. The summed E-state index contributed by atoms with van der Waals surface area (Å²) in [5.41, 5.74) is 2.76. The van der Waals surface area contributed by atoms with E-state index in [9.17, 15) is 4.79 Å². The maximum absolute atomic E-state index is 11.3. The van der Waals surface area contributed by atoms with E-state index in [-0.39, 0.29) is 5.91 Å². The van der Waals surface area contributed by atoms with Gasteiger partial charge in [-0.2, -0.15) is 0 Å². The molecule has 1 heterocycles. The molecule has 0 aliphatic carbocycles. The van der Waals surface area contributed by atoms with Crippen molar-refractivity contribution in [3.63, 3.8) is 0 Å². The molecule has 0 saturated heterocycles. The normalized spacial score (nSPS) is 13.0. The molecule has 0 fully saturated rings. The molecule has 0 atom stereocenters. The van der Waals surface area contributed by atoms with Gasteiger partial charge in [-0.15, -0.1) is 0 Å². The van der Waals surface area contributed by atoms with Crippen molar-refractivity contribution < 1.29 is 9.53 Å². The standard InChI is InChI=1S/C15H11Cl2NO2/c16-12-3-1-9(5-13(12)17)8-20-11-2-4-14-10(6-11)7-15(19)18-14/h1-6H,7-8H2,(H,18,19). The van der Waals surface area contributed by atoms with Crippen molar-refractivity contribution in [2.24, 2.45) is 0 Å². The monoisotopic (exact) mass is 307 g/mol. The van der Waals surface area contributed by atoms with Crippen LogP contribution in [0.4, 0.5) is 5.69 Å². The van der Waals surface area contributed by atoms with Gasteiger partial charge in [-0.1, -0.05) is 29.3 Å². The third-order valence-corrected chi connectivity index (χ3v) is 3.83. The molecule has 2 aromatic carbocycles. The van der Waals surface area contributed by atoms with E-state index < -0.39 is 0 Å². The molecule has 102 valence electrons. The first-order valence-corrected chi connectivity index (χ1v) is 6.87. The van der Waals surface area contributed by atoms with Crippen LogP contribution in [0.25, 0.3) is 0 Å². The molecular formula is C15H11Cl2NO2. The van der Waals surface area contributed by atoms with Crippen LogP contribution in [0.3, 0.4) is 0 Å². The fourth-order valence-electron chi connectivity index (χ4n) is 2.09. The Kier molecular flexibility index (Phi) is 3.55. The van der Waals surface area contributed by atoms with Gasteiger partial charge in [-0.25, -0.2) is 0 Å². The van der Waals surface area contributed by atoms with Crippen molar-refractivity contribution in [3.8, 4) is 5.75 Å². The largest absolute Gasteiger partial charge is 0.489 e. The Hall–Kier alpha value is -1.71. The zero-order chi connectivity index (χ0) is 14.1. The van der Waals surface area contributed by atoms with E-state index in [1.807, 2.05) is 24.3 Å². The van der Waals surface area contributed by atoms with Crippen LogP contribution in [-0.2, 0) is 17.8 Å². The first-order valence-electron chi connectivity index (χ1n) is 6.11. The minimum atomic E-state index is 0.0154. The van der Waals surface area contributed by atoms with Gasteiger partial charge in [0.15, 0.2) is 0 Å². The van der Waals surface area contributed by atoms with E-state index >= 15 is 0 Å². The Balaban J connectivity index is 1.71. The highest BCUT2D eigenvalue weighted by Gasteiger charge is 2.17. The molecule has 0 radical (unpaired) electrons. The Morgan fingerprint density at radius 2 is 1.95 bits per heavy atom. The smallest absolute Gasteiger partial charge is 0.228 e. The van der Waals surface area contributed by atoms with Crippen LogP contribution in [0.5, 0.6) is 5.75 Å². The summed E-state index contributed by atoms with van der Waals surface area (Å²) >= 11 is 11.8. The molecule has 1 N–H and O–H groups in total. The van der Waals surface area contributed by atoms with Crippen LogP contribution in [0.2, 0.25) is 10.0 Å². The lowest BCUT2D eigenvalue weighted by atomic mass is 10.1. The molecule has 3 nitrogen and oxygen atoms in total. The predicted octanol–water partition coefficient (Wildman–Crippen LogP) is 4.07. The average molecular weight is 308 g/mol. The van der Waals surface area contributed by atoms with Gasteiger partial charge in [0.1, 0.15) is 12.4 Å². The van der Waals surface area contributed by atoms with Crippen molar-refractivity contribution >= 4 is 34.8 Å². The maximum Gasteiger partial charge on any atom is 0.228 e. The number of benzene rings is 2. The number of carbonyl (C=O) groups is 1. The fourth-order valence-corrected chi connectivity index (χ4v) is 2.41. The molecule has 1 aliphatic rings. The number of halogens is 2. The van der Waals surface area contributed by atoms with Gasteiger partial charge in [0.25, 0.3) is 0 Å². The summed E-state index contributed by atoms with van der Waals surface area (Å²) in [6.45, 7) is 0.400. The maximum atomic E-state index is 11.3. The van der Waals surface area contributed by atoms with Gasteiger partial charge >= 0.3 is 0 Å². The van der Waals surface area contributed by atoms with Crippen LogP contribution in [0.1, 0.15) is 11.1 Å². The Labute approximate surface area is 126 Å². The average Bonchev–Trinajstić information content (AvgIpc) is 2.79. The minimum absolute atomic E-state index is 0.0154. The van der Waals surface area contributed by atoms with Gasteiger partial charge in [-0.3, -0.25) is 4.79 Å². The first-order chi connectivity index (χ1) is 9.61. The summed E-state index contributed by atoms with van der Waals surface area (Å²) in [6, 6.07) is 11.0. The Bertz CT molecular complexity index is 686. The van der Waals surface area contributed by atoms with E-state index in [0.29, 0.717) is 23.1 Å². The van der Waals surface area contributed by atoms with E-state index in [1.54, 1.807) is 12.1 Å². The van der Waals surface area contributed by atoms with Crippen LogP contribution in [0.15, 0.2) is 36.4 Å². The number of rotatable bonds is 3. The second kappa shape index (κ2) is 5.35. The van der Waals surface area contributed by atoms with E-state index in [1.165, 1.54) is 0 Å². The zero-order valence-electron chi connectivity index (χ0n) is 10.5. The first kappa shape index (κ1) is 13.3. The van der Waals surface area contributed by atoms with E-state index in [2.05, 4.69) is 5.32 Å². The summed E-state index contributed by atoms with van der Waals surface area (Å²) in [5, 5.41) is 3.82. The Morgan fingerprint density at radius 3 is 2.75 bits per heavy atom. The lowest BCUT2D eigenvalue weighted by Gasteiger charge is -2.08. The molecule has 20 heavy (non-hydrogen) atoms. The highest BCUT2D eigenvalue weighted by molar-refractivity contribution is 6.42. The van der Waals surface area contributed by atoms with Crippen LogP contribution in [0, 0.1) is 0 Å². The topological polar surface area (TPSA) is 38.3 Å². The summed E-state index contributed by atoms with van der Waals surface area (Å²) in [4.78, 5) is 11.3. The lowest BCUT2D eigenvalue weighted by molar-refractivity contribution is -0.115. The number of hydrogen-bond acceptors (Lipinski definition) is 2. The summed E-state index contributed by atoms with van der Waals surface area (Å²) in [6.07, 6.45) is 0.402. The third kappa shape index (κ3) is 2.74. The van der Waals surface area contributed by atoms with Gasteiger partial charge < -0.3 is 10.1 Å².